The van der Waals surface area contributed by atoms with Gasteiger partial charge in [0, 0.05) is 37.7 Å². The Morgan fingerprint density at radius 1 is 1.77 bits per heavy atom. The van der Waals surface area contributed by atoms with Crippen LogP contribution in [-0.4, -0.2) is 53.8 Å². The molecule has 1 fully saturated rings. The Bertz CT molecular complexity index is 176. The molecular weight excluding hydrogens is 188 g/mol. The molecular formula is C8H16N2O2S. The third-order valence-electron chi connectivity index (χ3n) is 2.16. The van der Waals surface area contributed by atoms with Crippen LogP contribution in [0.4, 0.5) is 4.79 Å². The molecule has 0 aromatic carbocycles. The molecule has 2 amide bonds. The second-order valence-corrected chi connectivity index (χ2v) is 4.14. The van der Waals surface area contributed by atoms with Crippen LogP contribution in [0.15, 0.2) is 0 Å². The van der Waals surface area contributed by atoms with Gasteiger partial charge in [-0.05, 0) is 6.42 Å². The molecule has 1 aliphatic heterocycles. The molecule has 0 aromatic rings. The minimum absolute atomic E-state index is 0.0289. The minimum atomic E-state index is -0.0289. The first-order valence-electron chi connectivity index (χ1n) is 4.46. The van der Waals surface area contributed by atoms with Gasteiger partial charge < -0.3 is 15.3 Å². The topological polar surface area (TPSA) is 52.6 Å². The van der Waals surface area contributed by atoms with Crippen molar-refractivity contribution in [3.05, 3.63) is 0 Å². The van der Waals surface area contributed by atoms with E-state index in [4.69, 9.17) is 5.11 Å². The molecule has 5 heteroatoms. The second-order valence-electron chi connectivity index (χ2n) is 2.99. The van der Waals surface area contributed by atoms with Gasteiger partial charge in [-0.15, -0.1) is 0 Å². The molecule has 1 heterocycles. The number of aliphatic hydroxyl groups is 1. The third-order valence-corrected chi connectivity index (χ3v) is 3.26. The van der Waals surface area contributed by atoms with Crippen molar-refractivity contribution in [3.8, 4) is 0 Å². The van der Waals surface area contributed by atoms with Crippen LogP contribution in [-0.2, 0) is 0 Å². The average Bonchev–Trinajstić information content (AvgIpc) is 2.18. The number of amides is 2. The Kier molecular flexibility index (Phi) is 4.38. The zero-order chi connectivity index (χ0) is 9.68. The summed E-state index contributed by atoms with van der Waals surface area (Å²) in [4.78, 5) is 13.2. The summed E-state index contributed by atoms with van der Waals surface area (Å²) in [5.41, 5.74) is 0. The van der Waals surface area contributed by atoms with Crippen molar-refractivity contribution < 1.29 is 9.90 Å². The third kappa shape index (κ3) is 2.77. The molecule has 0 spiro atoms. The van der Waals surface area contributed by atoms with Crippen LogP contribution in [0, 0.1) is 0 Å². The van der Waals surface area contributed by atoms with E-state index in [2.05, 4.69) is 5.32 Å². The summed E-state index contributed by atoms with van der Waals surface area (Å²) in [7, 11) is 1.64. The summed E-state index contributed by atoms with van der Waals surface area (Å²) in [6.45, 7) is 0.938. The number of nitrogens with zero attached hydrogens (tertiary/aromatic N) is 1. The molecule has 0 aromatic heterocycles. The number of hydrogen-bond donors (Lipinski definition) is 2. The molecule has 2 N–H and O–H groups in total. The first-order valence-corrected chi connectivity index (χ1v) is 5.62. The maximum Gasteiger partial charge on any atom is 0.317 e. The molecule has 0 aliphatic carbocycles. The molecule has 1 atom stereocenters. The van der Waals surface area contributed by atoms with E-state index in [1.165, 1.54) is 0 Å². The van der Waals surface area contributed by atoms with Crippen molar-refractivity contribution in [1.82, 2.24) is 10.2 Å². The highest BCUT2D eigenvalue weighted by Crippen LogP contribution is 2.18. The molecule has 13 heavy (non-hydrogen) atoms. The first-order chi connectivity index (χ1) is 6.29. The molecule has 76 valence electrons. The van der Waals surface area contributed by atoms with Gasteiger partial charge in [0.05, 0.1) is 0 Å². The maximum atomic E-state index is 11.4. The Morgan fingerprint density at radius 3 is 3.15 bits per heavy atom. The standard InChI is InChI=1S/C8H16N2O2S/c1-9-8(12)10-3-5-13-6-7(10)2-4-11/h7,11H,2-6H2,1H3,(H,9,12). The number of carbonyl (C=O) groups excluding carboxylic acids is 1. The highest BCUT2D eigenvalue weighted by atomic mass is 32.2. The molecule has 4 nitrogen and oxygen atoms in total. The molecule has 1 unspecified atom stereocenters. The maximum absolute atomic E-state index is 11.4. The number of rotatable bonds is 2. The van der Waals surface area contributed by atoms with E-state index in [0.717, 1.165) is 18.1 Å². The van der Waals surface area contributed by atoms with Gasteiger partial charge in [-0.25, -0.2) is 4.79 Å². The van der Waals surface area contributed by atoms with Crippen LogP contribution in [0.3, 0.4) is 0 Å². The van der Waals surface area contributed by atoms with Gasteiger partial charge in [-0.2, -0.15) is 11.8 Å². The van der Waals surface area contributed by atoms with E-state index < -0.39 is 0 Å². The van der Waals surface area contributed by atoms with Crippen molar-refractivity contribution in [1.29, 1.82) is 0 Å². The van der Waals surface area contributed by atoms with Crippen LogP contribution in [0.25, 0.3) is 0 Å². The van der Waals surface area contributed by atoms with E-state index in [1.807, 2.05) is 16.7 Å². The first kappa shape index (κ1) is 10.7. The van der Waals surface area contributed by atoms with Crippen LogP contribution in [0.5, 0.6) is 0 Å². The van der Waals surface area contributed by atoms with Crippen molar-refractivity contribution in [2.24, 2.45) is 0 Å². The minimum Gasteiger partial charge on any atom is -0.396 e. The van der Waals surface area contributed by atoms with Crippen molar-refractivity contribution in [2.75, 3.05) is 31.7 Å². The summed E-state index contributed by atoms with van der Waals surface area (Å²) in [5, 5.41) is 11.4. The lowest BCUT2D eigenvalue weighted by Gasteiger charge is -2.34. The van der Waals surface area contributed by atoms with Crippen molar-refractivity contribution >= 4 is 17.8 Å². The summed E-state index contributed by atoms with van der Waals surface area (Å²) in [5.74, 6) is 1.93. The molecule has 0 saturated carbocycles. The Labute approximate surface area is 82.7 Å². The molecule has 1 saturated heterocycles. The number of hydrogen-bond acceptors (Lipinski definition) is 3. The Hall–Kier alpha value is -0.420. The largest absolute Gasteiger partial charge is 0.396 e. The molecule has 1 rings (SSSR count). The Balaban J connectivity index is 2.50. The van der Waals surface area contributed by atoms with Gasteiger partial charge >= 0.3 is 6.03 Å². The smallest absolute Gasteiger partial charge is 0.317 e. The summed E-state index contributed by atoms with van der Waals surface area (Å²) in [6, 6.07) is 0.169. The quantitative estimate of drug-likeness (QED) is 0.672. The average molecular weight is 204 g/mol. The summed E-state index contributed by atoms with van der Waals surface area (Å²) >= 11 is 1.84. The van der Waals surface area contributed by atoms with Gasteiger partial charge in [0.1, 0.15) is 0 Å². The summed E-state index contributed by atoms with van der Waals surface area (Å²) in [6.07, 6.45) is 0.681. The highest BCUT2D eigenvalue weighted by Gasteiger charge is 2.25. The number of urea groups is 1. The van der Waals surface area contributed by atoms with E-state index in [9.17, 15) is 4.79 Å². The van der Waals surface area contributed by atoms with Gasteiger partial charge in [0.15, 0.2) is 0 Å². The van der Waals surface area contributed by atoms with Crippen LogP contribution < -0.4 is 5.32 Å². The van der Waals surface area contributed by atoms with E-state index in [0.29, 0.717) is 6.42 Å². The van der Waals surface area contributed by atoms with Crippen LogP contribution in [0.1, 0.15) is 6.42 Å². The zero-order valence-corrected chi connectivity index (χ0v) is 8.64. The number of thioether (sulfide) groups is 1. The lowest BCUT2D eigenvalue weighted by molar-refractivity contribution is 0.167. The predicted molar refractivity (Wildman–Crippen MR) is 54.0 cm³/mol. The fourth-order valence-electron chi connectivity index (χ4n) is 1.45. The summed E-state index contributed by atoms with van der Waals surface area (Å²) < 4.78 is 0. The molecule has 1 aliphatic rings. The van der Waals surface area contributed by atoms with Crippen molar-refractivity contribution in [3.63, 3.8) is 0 Å². The molecule has 0 radical (unpaired) electrons. The van der Waals surface area contributed by atoms with E-state index >= 15 is 0 Å². The fraction of sp³-hybridized carbons (Fsp3) is 0.875. The lowest BCUT2D eigenvalue weighted by Crippen LogP contribution is -2.49. The highest BCUT2D eigenvalue weighted by molar-refractivity contribution is 7.99. The monoisotopic (exact) mass is 204 g/mol. The lowest BCUT2D eigenvalue weighted by atomic mass is 10.2. The number of nitrogens with one attached hydrogen (secondary N) is 1. The SMILES string of the molecule is CNC(=O)N1CCSCC1CCO. The Morgan fingerprint density at radius 2 is 2.54 bits per heavy atom. The van der Waals surface area contributed by atoms with Crippen LogP contribution >= 0.6 is 11.8 Å². The van der Waals surface area contributed by atoms with Crippen molar-refractivity contribution in [2.45, 2.75) is 12.5 Å². The van der Waals surface area contributed by atoms with Crippen LogP contribution in [0.2, 0.25) is 0 Å². The number of aliphatic hydroxyl groups excluding tert-OH is 1. The van der Waals surface area contributed by atoms with Gasteiger partial charge in [-0.3, -0.25) is 0 Å². The number of carbonyl (C=O) groups is 1. The normalized spacial score (nSPS) is 22.9. The zero-order valence-electron chi connectivity index (χ0n) is 7.82. The van der Waals surface area contributed by atoms with Gasteiger partial charge in [0.25, 0.3) is 0 Å². The molecule has 0 bridgehead atoms. The van der Waals surface area contributed by atoms with E-state index in [-0.39, 0.29) is 18.7 Å². The van der Waals surface area contributed by atoms with E-state index in [1.54, 1.807) is 7.05 Å². The predicted octanol–water partition coefficient (Wildman–Crippen LogP) is 0.126. The fourth-order valence-corrected chi connectivity index (χ4v) is 2.57. The van der Waals surface area contributed by atoms with Gasteiger partial charge in [0.2, 0.25) is 0 Å². The second kappa shape index (κ2) is 5.34. The van der Waals surface area contributed by atoms with Gasteiger partial charge in [-0.1, -0.05) is 0 Å².